The van der Waals surface area contributed by atoms with Crippen molar-refractivity contribution in [2.75, 3.05) is 19.8 Å². The lowest BCUT2D eigenvalue weighted by molar-refractivity contribution is 0.0491. The van der Waals surface area contributed by atoms with Gasteiger partial charge in [-0.05, 0) is 43.9 Å². The summed E-state index contributed by atoms with van der Waals surface area (Å²) in [4.78, 5) is 0. The third-order valence-corrected chi connectivity index (χ3v) is 3.73. The molecule has 0 saturated carbocycles. The molecule has 1 aromatic rings. The summed E-state index contributed by atoms with van der Waals surface area (Å²) in [5.74, 6) is 1.34. The molecule has 0 aromatic heterocycles. The first-order valence-corrected chi connectivity index (χ1v) is 7.14. The molecule has 1 aliphatic rings. The molecule has 1 saturated heterocycles. The van der Waals surface area contributed by atoms with Crippen molar-refractivity contribution in [3.63, 3.8) is 0 Å². The molecule has 1 atom stereocenters. The predicted molar refractivity (Wildman–Crippen MR) is 73.8 cm³/mol. The summed E-state index contributed by atoms with van der Waals surface area (Å²) in [6.07, 6.45) is 1.59. The van der Waals surface area contributed by atoms with Crippen molar-refractivity contribution in [1.82, 2.24) is 0 Å². The summed E-state index contributed by atoms with van der Waals surface area (Å²) in [5.41, 5.74) is 0.830. The van der Waals surface area contributed by atoms with Gasteiger partial charge in [-0.2, -0.15) is 0 Å². The van der Waals surface area contributed by atoms with E-state index in [-0.39, 0.29) is 0 Å². The van der Waals surface area contributed by atoms with E-state index in [0.717, 1.165) is 41.8 Å². The third kappa shape index (κ3) is 3.70. The molecule has 3 nitrogen and oxygen atoms in total. The number of rotatable bonds is 4. The molecule has 1 unspecified atom stereocenters. The maximum Gasteiger partial charge on any atom is 0.125 e. The van der Waals surface area contributed by atoms with Crippen LogP contribution < -0.4 is 4.74 Å². The predicted octanol–water partition coefficient (Wildman–Crippen LogP) is 3.31. The summed E-state index contributed by atoms with van der Waals surface area (Å²) in [5, 5.41) is 9.75. The Balaban J connectivity index is 1.99. The van der Waals surface area contributed by atoms with Gasteiger partial charge < -0.3 is 14.6 Å². The fourth-order valence-corrected chi connectivity index (χ4v) is 2.48. The van der Waals surface area contributed by atoms with Crippen molar-refractivity contribution in [3.8, 4) is 5.75 Å². The first-order chi connectivity index (χ1) is 8.66. The topological polar surface area (TPSA) is 38.7 Å². The van der Waals surface area contributed by atoms with E-state index in [0.29, 0.717) is 12.5 Å². The Hall–Kier alpha value is -0.580. The minimum absolute atomic E-state index is 0.521. The van der Waals surface area contributed by atoms with Crippen molar-refractivity contribution in [3.05, 3.63) is 28.2 Å². The highest BCUT2D eigenvalue weighted by Crippen LogP contribution is 2.29. The van der Waals surface area contributed by atoms with Crippen LogP contribution >= 0.6 is 15.9 Å². The first-order valence-electron chi connectivity index (χ1n) is 6.35. The zero-order valence-electron chi connectivity index (χ0n) is 10.6. The molecular weight excluding hydrogens is 296 g/mol. The molecule has 1 N–H and O–H groups in total. The van der Waals surface area contributed by atoms with Crippen LogP contribution in [-0.4, -0.2) is 24.9 Å². The second-order valence-electron chi connectivity index (χ2n) is 4.72. The van der Waals surface area contributed by atoms with Gasteiger partial charge >= 0.3 is 0 Å². The molecule has 2 rings (SSSR count). The van der Waals surface area contributed by atoms with Gasteiger partial charge in [0.1, 0.15) is 5.75 Å². The molecule has 100 valence electrons. The summed E-state index contributed by atoms with van der Waals surface area (Å²) in [7, 11) is 0. The lowest BCUT2D eigenvalue weighted by atomic mass is 10.0. The van der Waals surface area contributed by atoms with Gasteiger partial charge in [-0.15, -0.1) is 0 Å². The van der Waals surface area contributed by atoms with Crippen LogP contribution in [0.1, 0.15) is 31.4 Å². The van der Waals surface area contributed by atoms with E-state index in [1.165, 1.54) is 0 Å². The molecule has 4 heteroatoms. The Labute approximate surface area is 116 Å². The summed E-state index contributed by atoms with van der Waals surface area (Å²) in [6.45, 7) is 4.11. The Kier molecular flexibility index (Phi) is 5.03. The quantitative estimate of drug-likeness (QED) is 0.926. The molecule has 0 aliphatic carbocycles. The molecule has 1 fully saturated rings. The van der Waals surface area contributed by atoms with Gasteiger partial charge in [0.15, 0.2) is 0 Å². The smallest absolute Gasteiger partial charge is 0.125 e. The largest absolute Gasteiger partial charge is 0.493 e. The molecular formula is C14H19BrO3. The zero-order chi connectivity index (χ0) is 13.0. The normalized spacial score (nSPS) is 18.6. The van der Waals surface area contributed by atoms with Crippen LogP contribution in [-0.2, 0) is 4.74 Å². The second kappa shape index (κ2) is 6.55. The van der Waals surface area contributed by atoms with E-state index >= 15 is 0 Å². The SMILES string of the molecule is CC(O)c1cc(Br)ccc1OCC1CCOCC1. The summed E-state index contributed by atoms with van der Waals surface area (Å²) < 4.78 is 12.1. The van der Waals surface area contributed by atoms with E-state index in [1.54, 1.807) is 6.92 Å². The number of benzene rings is 1. The molecule has 1 heterocycles. The van der Waals surface area contributed by atoms with Crippen LogP contribution in [0.3, 0.4) is 0 Å². The molecule has 0 bridgehead atoms. The van der Waals surface area contributed by atoms with E-state index < -0.39 is 6.10 Å². The second-order valence-corrected chi connectivity index (χ2v) is 5.64. The molecule has 0 radical (unpaired) electrons. The number of halogens is 1. The molecule has 1 aliphatic heterocycles. The maximum atomic E-state index is 9.75. The number of aliphatic hydroxyl groups excluding tert-OH is 1. The van der Waals surface area contributed by atoms with Crippen molar-refractivity contribution >= 4 is 15.9 Å². The van der Waals surface area contributed by atoms with E-state index in [1.807, 2.05) is 18.2 Å². The fourth-order valence-electron chi connectivity index (χ4n) is 2.10. The van der Waals surface area contributed by atoms with Crippen LogP contribution in [0.5, 0.6) is 5.75 Å². The monoisotopic (exact) mass is 314 g/mol. The standard InChI is InChI=1S/C14H19BrO3/c1-10(16)13-8-12(15)2-3-14(13)18-9-11-4-6-17-7-5-11/h2-3,8,10-11,16H,4-7,9H2,1H3. The van der Waals surface area contributed by atoms with Crippen LogP contribution in [0.2, 0.25) is 0 Å². The van der Waals surface area contributed by atoms with Gasteiger partial charge in [0.2, 0.25) is 0 Å². The minimum atomic E-state index is -0.521. The number of hydrogen-bond acceptors (Lipinski definition) is 3. The number of aliphatic hydroxyl groups is 1. The van der Waals surface area contributed by atoms with Crippen molar-refractivity contribution in [1.29, 1.82) is 0 Å². The van der Waals surface area contributed by atoms with Crippen LogP contribution in [0.15, 0.2) is 22.7 Å². The van der Waals surface area contributed by atoms with Gasteiger partial charge in [-0.25, -0.2) is 0 Å². The zero-order valence-corrected chi connectivity index (χ0v) is 12.1. The molecule has 0 amide bonds. The fraction of sp³-hybridized carbons (Fsp3) is 0.571. The average Bonchev–Trinajstić information content (AvgIpc) is 2.38. The number of hydrogen-bond donors (Lipinski definition) is 1. The molecule has 18 heavy (non-hydrogen) atoms. The Morgan fingerprint density at radius 2 is 2.17 bits per heavy atom. The van der Waals surface area contributed by atoms with Crippen molar-refractivity contribution in [2.24, 2.45) is 5.92 Å². The highest BCUT2D eigenvalue weighted by atomic mass is 79.9. The highest BCUT2D eigenvalue weighted by molar-refractivity contribution is 9.10. The Morgan fingerprint density at radius 1 is 1.44 bits per heavy atom. The van der Waals surface area contributed by atoms with Gasteiger partial charge in [0, 0.05) is 23.2 Å². The number of ether oxygens (including phenoxy) is 2. The lowest BCUT2D eigenvalue weighted by Crippen LogP contribution is -2.21. The maximum absolute atomic E-state index is 9.75. The average molecular weight is 315 g/mol. The summed E-state index contributed by atoms with van der Waals surface area (Å²) >= 11 is 3.41. The Morgan fingerprint density at radius 3 is 2.83 bits per heavy atom. The Bertz CT molecular complexity index is 387. The molecule has 0 spiro atoms. The van der Waals surface area contributed by atoms with Crippen molar-refractivity contribution < 1.29 is 14.6 Å². The van der Waals surface area contributed by atoms with Crippen molar-refractivity contribution in [2.45, 2.75) is 25.9 Å². The van der Waals surface area contributed by atoms with Crippen LogP contribution in [0.4, 0.5) is 0 Å². The van der Waals surface area contributed by atoms with Crippen LogP contribution in [0.25, 0.3) is 0 Å². The minimum Gasteiger partial charge on any atom is -0.493 e. The molecule has 1 aromatic carbocycles. The van der Waals surface area contributed by atoms with Gasteiger partial charge in [-0.3, -0.25) is 0 Å². The van der Waals surface area contributed by atoms with Gasteiger partial charge in [0.25, 0.3) is 0 Å². The third-order valence-electron chi connectivity index (χ3n) is 3.24. The van der Waals surface area contributed by atoms with E-state index in [9.17, 15) is 5.11 Å². The first kappa shape index (κ1) is 13.8. The van der Waals surface area contributed by atoms with E-state index in [4.69, 9.17) is 9.47 Å². The highest BCUT2D eigenvalue weighted by Gasteiger charge is 2.16. The van der Waals surface area contributed by atoms with Gasteiger partial charge in [0.05, 0.1) is 12.7 Å². The van der Waals surface area contributed by atoms with E-state index in [2.05, 4.69) is 15.9 Å². The lowest BCUT2D eigenvalue weighted by Gasteiger charge is -2.23. The van der Waals surface area contributed by atoms with Gasteiger partial charge in [-0.1, -0.05) is 15.9 Å². The summed E-state index contributed by atoms with van der Waals surface area (Å²) in [6, 6.07) is 5.75. The van der Waals surface area contributed by atoms with Crippen LogP contribution in [0, 0.1) is 5.92 Å².